The normalized spacial score (nSPS) is 15.1. The Morgan fingerprint density at radius 1 is 1.43 bits per heavy atom. The first-order chi connectivity index (χ1) is 6.63. The summed E-state index contributed by atoms with van der Waals surface area (Å²) < 4.78 is 9.73. The summed E-state index contributed by atoms with van der Waals surface area (Å²) in [6.45, 7) is 3.30. The molecule has 0 saturated heterocycles. The fourth-order valence-electron chi connectivity index (χ4n) is 1.21. The maximum atomic E-state index is 10.9. The molecule has 0 spiro atoms. The Morgan fingerprint density at radius 2 is 2.07 bits per heavy atom. The standard InChI is InChI=1S/C9H19NO4/c1-7(6-14-3)8(9(11)12)10-4-5-13-2/h7-8,10H,4-6H2,1-3H3,(H,11,12). The maximum Gasteiger partial charge on any atom is 0.321 e. The Kier molecular flexibility index (Phi) is 7.37. The molecule has 0 aliphatic carbocycles. The van der Waals surface area contributed by atoms with Gasteiger partial charge in [-0.05, 0) is 0 Å². The highest BCUT2D eigenvalue weighted by molar-refractivity contribution is 5.73. The van der Waals surface area contributed by atoms with E-state index in [1.165, 1.54) is 0 Å². The van der Waals surface area contributed by atoms with Gasteiger partial charge in [0.1, 0.15) is 6.04 Å². The Labute approximate surface area is 84.4 Å². The Morgan fingerprint density at radius 3 is 2.50 bits per heavy atom. The van der Waals surface area contributed by atoms with E-state index in [4.69, 9.17) is 14.6 Å². The van der Waals surface area contributed by atoms with Gasteiger partial charge in [-0.1, -0.05) is 6.92 Å². The maximum absolute atomic E-state index is 10.9. The summed E-state index contributed by atoms with van der Waals surface area (Å²) in [6, 6.07) is -0.579. The van der Waals surface area contributed by atoms with E-state index in [0.717, 1.165) is 0 Å². The summed E-state index contributed by atoms with van der Waals surface area (Å²) in [7, 11) is 3.14. The molecule has 5 nitrogen and oxygen atoms in total. The molecule has 14 heavy (non-hydrogen) atoms. The van der Waals surface area contributed by atoms with Crippen LogP contribution in [0, 0.1) is 5.92 Å². The van der Waals surface area contributed by atoms with E-state index in [9.17, 15) is 4.79 Å². The number of rotatable bonds is 8. The van der Waals surface area contributed by atoms with Crippen molar-refractivity contribution in [1.29, 1.82) is 0 Å². The predicted molar refractivity (Wildman–Crippen MR) is 52.3 cm³/mol. The minimum absolute atomic E-state index is 0.0608. The van der Waals surface area contributed by atoms with E-state index in [1.807, 2.05) is 6.92 Å². The van der Waals surface area contributed by atoms with Gasteiger partial charge in [0.05, 0.1) is 13.2 Å². The lowest BCUT2D eigenvalue weighted by atomic mass is 10.0. The van der Waals surface area contributed by atoms with Crippen LogP contribution < -0.4 is 5.32 Å². The van der Waals surface area contributed by atoms with Crippen molar-refractivity contribution in [3.63, 3.8) is 0 Å². The van der Waals surface area contributed by atoms with Crippen molar-refractivity contribution in [2.24, 2.45) is 5.92 Å². The number of ether oxygens (including phenoxy) is 2. The zero-order valence-corrected chi connectivity index (χ0v) is 8.95. The molecule has 0 aromatic carbocycles. The van der Waals surface area contributed by atoms with Crippen LogP contribution in [0.15, 0.2) is 0 Å². The first-order valence-corrected chi connectivity index (χ1v) is 4.57. The van der Waals surface area contributed by atoms with E-state index >= 15 is 0 Å². The third-order valence-electron chi connectivity index (χ3n) is 1.94. The summed E-state index contributed by atoms with van der Waals surface area (Å²) in [5, 5.41) is 11.8. The van der Waals surface area contributed by atoms with Crippen molar-refractivity contribution >= 4 is 5.97 Å². The minimum Gasteiger partial charge on any atom is -0.480 e. The highest BCUT2D eigenvalue weighted by Crippen LogP contribution is 2.03. The lowest BCUT2D eigenvalue weighted by Gasteiger charge is -2.20. The molecule has 0 heterocycles. The first-order valence-electron chi connectivity index (χ1n) is 4.57. The van der Waals surface area contributed by atoms with Crippen molar-refractivity contribution < 1.29 is 19.4 Å². The van der Waals surface area contributed by atoms with Gasteiger partial charge < -0.3 is 19.9 Å². The average molecular weight is 205 g/mol. The number of carbonyl (C=O) groups is 1. The molecule has 0 amide bonds. The number of methoxy groups -OCH3 is 2. The van der Waals surface area contributed by atoms with E-state index in [0.29, 0.717) is 19.8 Å². The van der Waals surface area contributed by atoms with Crippen LogP contribution in [0.3, 0.4) is 0 Å². The summed E-state index contributed by atoms with van der Waals surface area (Å²) in [5.74, 6) is -0.917. The van der Waals surface area contributed by atoms with Gasteiger partial charge in [-0.15, -0.1) is 0 Å². The van der Waals surface area contributed by atoms with Gasteiger partial charge in [0, 0.05) is 26.7 Å². The van der Waals surface area contributed by atoms with E-state index < -0.39 is 12.0 Å². The minimum atomic E-state index is -0.856. The van der Waals surface area contributed by atoms with Crippen molar-refractivity contribution in [3.05, 3.63) is 0 Å². The number of nitrogens with one attached hydrogen (secondary N) is 1. The molecule has 0 aromatic heterocycles. The van der Waals surface area contributed by atoms with Crippen molar-refractivity contribution in [3.8, 4) is 0 Å². The molecule has 2 atom stereocenters. The average Bonchev–Trinajstić information content (AvgIpc) is 2.12. The Balaban J connectivity index is 3.94. The molecule has 0 saturated carbocycles. The fourth-order valence-corrected chi connectivity index (χ4v) is 1.21. The summed E-state index contributed by atoms with van der Waals surface area (Å²) in [5.41, 5.74) is 0. The fraction of sp³-hybridized carbons (Fsp3) is 0.889. The van der Waals surface area contributed by atoms with Crippen molar-refractivity contribution in [1.82, 2.24) is 5.32 Å². The molecule has 0 fully saturated rings. The topological polar surface area (TPSA) is 67.8 Å². The molecular weight excluding hydrogens is 186 g/mol. The molecule has 0 bridgehead atoms. The summed E-state index contributed by atoms with van der Waals surface area (Å²) >= 11 is 0. The van der Waals surface area contributed by atoms with Gasteiger partial charge >= 0.3 is 5.97 Å². The van der Waals surface area contributed by atoms with Crippen LogP contribution in [-0.2, 0) is 14.3 Å². The van der Waals surface area contributed by atoms with Gasteiger partial charge in [0.25, 0.3) is 0 Å². The third-order valence-corrected chi connectivity index (χ3v) is 1.94. The molecule has 0 aliphatic heterocycles. The second-order valence-corrected chi connectivity index (χ2v) is 3.20. The molecule has 0 radical (unpaired) electrons. The van der Waals surface area contributed by atoms with Crippen LogP contribution in [0.25, 0.3) is 0 Å². The van der Waals surface area contributed by atoms with Gasteiger partial charge in [0.2, 0.25) is 0 Å². The quantitative estimate of drug-likeness (QED) is 0.544. The van der Waals surface area contributed by atoms with E-state index in [-0.39, 0.29) is 5.92 Å². The third kappa shape index (κ3) is 5.16. The lowest BCUT2D eigenvalue weighted by molar-refractivity contribution is -0.141. The molecular formula is C9H19NO4. The number of hydrogen-bond acceptors (Lipinski definition) is 4. The Hall–Kier alpha value is -0.650. The predicted octanol–water partition coefficient (Wildman–Crippen LogP) is -0.0419. The molecule has 0 aliphatic rings. The van der Waals surface area contributed by atoms with Gasteiger partial charge in [-0.25, -0.2) is 0 Å². The molecule has 5 heteroatoms. The SMILES string of the molecule is COCCNC(C(=O)O)C(C)COC. The van der Waals surface area contributed by atoms with Crippen molar-refractivity contribution in [2.75, 3.05) is 34.0 Å². The summed E-state index contributed by atoms with van der Waals surface area (Å²) in [4.78, 5) is 10.9. The number of hydrogen-bond donors (Lipinski definition) is 2. The van der Waals surface area contributed by atoms with Gasteiger partial charge in [-0.2, -0.15) is 0 Å². The molecule has 0 rings (SSSR count). The number of carboxylic acids is 1. The largest absolute Gasteiger partial charge is 0.480 e. The molecule has 2 unspecified atom stereocenters. The van der Waals surface area contributed by atoms with Crippen molar-refractivity contribution in [2.45, 2.75) is 13.0 Å². The van der Waals surface area contributed by atoms with Gasteiger partial charge in [0.15, 0.2) is 0 Å². The van der Waals surface area contributed by atoms with Gasteiger partial charge in [-0.3, -0.25) is 4.79 Å². The lowest BCUT2D eigenvalue weighted by Crippen LogP contribution is -2.44. The highest BCUT2D eigenvalue weighted by atomic mass is 16.5. The number of aliphatic carboxylic acids is 1. The van der Waals surface area contributed by atoms with Crippen LogP contribution in [0.5, 0.6) is 0 Å². The van der Waals surface area contributed by atoms with Crippen LogP contribution in [0.1, 0.15) is 6.92 Å². The molecule has 0 aromatic rings. The zero-order chi connectivity index (χ0) is 11.0. The smallest absolute Gasteiger partial charge is 0.321 e. The van der Waals surface area contributed by atoms with Crippen LogP contribution in [0.4, 0.5) is 0 Å². The van der Waals surface area contributed by atoms with E-state index in [1.54, 1.807) is 14.2 Å². The first kappa shape index (κ1) is 13.4. The Bertz CT molecular complexity index is 163. The highest BCUT2D eigenvalue weighted by Gasteiger charge is 2.23. The molecule has 2 N–H and O–H groups in total. The monoisotopic (exact) mass is 205 g/mol. The summed E-state index contributed by atoms with van der Waals surface area (Å²) in [6.07, 6.45) is 0. The zero-order valence-electron chi connectivity index (χ0n) is 8.95. The number of carboxylic acid groups (broad SMARTS) is 1. The van der Waals surface area contributed by atoms with E-state index in [2.05, 4.69) is 5.32 Å². The second-order valence-electron chi connectivity index (χ2n) is 3.20. The van der Waals surface area contributed by atoms with Crippen LogP contribution in [0.2, 0.25) is 0 Å². The van der Waals surface area contributed by atoms with Crippen LogP contribution in [-0.4, -0.2) is 51.1 Å². The second kappa shape index (κ2) is 7.73. The van der Waals surface area contributed by atoms with Crippen LogP contribution >= 0.6 is 0 Å². The molecule has 84 valence electrons.